The minimum Gasteiger partial charge on any atom is -0.506 e. The highest BCUT2D eigenvalue weighted by Crippen LogP contribution is 2.46. The number of carbonyl (C=O) groups excluding carboxylic acids is 1. The molecule has 3 heterocycles. The molecule has 0 aliphatic rings. The Morgan fingerprint density at radius 1 is 1.21 bits per heavy atom. The molecule has 0 spiro atoms. The molecule has 0 aliphatic heterocycles. The summed E-state index contributed by atoms with van der Waals surface area (Å²) in [5, 5.41) is 10.5. The summed E-state index contributed by atoms with van der Waals surface area (Å²) in [7, 11) is 0. The number of ketones is 1. The number of aromatic amines is 1. The predicted octanol–water partition coefficient (Wildman–Crippen LogP) is 4.09. The molecule has 4 N–H and O–H groups in total. The summed E-state index contributed by atoms with van der Waals surface area (Å²) in [5.41, 5.74) is 7.14. The van der Waals surface area contributed by atoms with E-state index in [1.165, 1.54) is 22.7 Å². The zero-order valence-electron chi connectivity index (χ0n) is 11.9. The maximum absolute atomic E-state index is 12.7. The van der Waals surface area contributed by atoms with Crippen LogP contribution in [0.25, 0.3) is 19.6 Å². The van der Waals surface area contributed by atoms with Crippen LogP contribution in [0.15, 0.2) is 39.6 Å². The van der Waals surface area contributed by atoms with Gasteiger partial charge in [0.05, 0.1) is 25.3 Å². The van der Waals surface area contributed by atoms with Gasteiger partial charge in [-0.05, 0) is 24.3 Å². The number of H-pyrrole nitrogens is 1. The number of carbonyl (C=O) groups is 1. The molecule has 3 aromatic heterocycles. The number of pyridine rings is 1. The largest absolute Gasteiger partial charge is 0.506 e. The lowest BCUT2D eigenvalue weighted by Crippen LogP contribution is -2.03. The van der Waals surface area contributed by atoms with E-state index in [-0.39, 0.29) is 11.5 Å². The molecule has 0 aliphatic carbocycles. The van der Waals surface area contributed by atoms with Gasteiger partial charge in [0.2, 0.25) is 5.78 Å². The second kappa shape index (κ2) is 5.44. The van der Waals surface area contributed by atoms with E-state index in [2.05, 4.69) is 20.9 Å². The van der Waals surface area contributed by atoms with Gasteiger partial charge in [-0.25, -0.2) is 0 Å². The summed E-state index contributed by atoms with van der Waals surface area (Å²) in [6.07, 6.45) is 0. The Kier molecular flexibility index (Phi) is 3.48. The molecule has 0 saturated carbocycles. The molecule has 8 heteroatoms. The highest BCUT2D eigenvalue weighted by molar-refractivity contribution is 9.10. The van der Waals surface area contributed by atoms with Crippen molar-refractivity contribution in [2.24, 2.45) is 0 Å². The number of benzene rings is 1. The lowest BCUT2D eigenvalue weighted by molar-refractivity contribution is 0.104. The first-order valence-corrected chi connectivity index (χ1v) is 9.25. The smallest absolute Gasteiger partial charge is 0.252 e. The van der Waals surface area contributed by atoms with E-state index >= 15 is 0 Å². The van der Waals surface area contributed by atoms with Crippen LogP contribution in [0.4, 0.5) is 5.69 Å². The van der Waals surface area contributed by atoms with E-state index in [9.17, 15) is 14.7 Å². The minimum atomic E-state index is -0.411. The number of thiophene rings is 2. The van der Waals surface area contributed by atoms with Gasteiger partial charge in [-0.3, -0.25) is 9.59 Å². The zero-order valence-corrected chi connectivity index (χ0v) is 15.1. The molecule has 5 nitrogen and oxygen atoms in total. The molecule has 0 radical (unpaired) electrons. The lowest BCUT2D eigenvalue weighted by Gasteiger charge is -2.01. The van der Waals surface area contributed by atoms with Crippen molar-refractivity contribution in [3.05, 3.63) is 55.6 Å². The molecular formula is C16H9BrN2O3S2. The van der Waals surface area contributed by atoms with E-state index in [4.69, 9.17) is 5.73 Å². The van der Waals surface area contributed by atoms with E-state index in [0.717, 1.165) is 14.6 Å². The van der Waals surface area contributed by atoms with Crippen LogP contribution in [-0.2, 0) is 0 Å². The van der Waals surface area contributed by atoms with Gasteiger partial charge in [0, 0.05) is 16.1 Å². The van der Waals surface area contributed by atoms with Crippen molar-refractivity contribution in [1.82, 2.24) is 4.98 Å². The van der Waals surface area contributed by atoms with Crippen LogP contribution < -0.4 is 11.3 Å². The zero-order chi connectivity index (χ0) is 17.0. The van der Waals surface area contributed by atoms with E-state index in [1.54, 1.807) is 24.3 Å². The first-order valence-electron chi connectivity index (χ1n) is 6.82. The molecule has 120 valence electrons. The molecule has 0 fully saturated rings. The second-order valence-electron chi connectivity index (χ2n) is 5.17. The Hall–Kier alpha value is -2.16. The van der Waals surface area contributed by atoms with Crippen molar-refractivity contribution in [3.8, 4) is 5.75 Å². The number of rotatable bonds is 2. The average Bonchev–Trinajstić information content (AvgIpc) is 3.05. The van der Waals surface area contributed by atoms with Crippen LogP contribution in [0, 0.1) is 0 Å². The van der Waals surface area contributed by atoms with Crippen molar-refractivity contribution >= 4 is 69.7 Å². The number of aromatic nitrogens is 1. The summed E-state index contributed by atoms with van der Waals surface area (Å²) >= 11 is 5.91. The summed E-state index contributed by atoms with van der Waals surface area (Å²) in [5.74, 6) is -0.244. The highest BCUT2D eigenvalue weighted by Gasteiger charge is 2.22. The third-order valence-corrected chi connectivity index (χ3v) is 6.68. The van der Waals surface area contributed by atoms with Crippen LogP contribution in [-0.4, -0.2) is 15.9 Å². The Balaban J connectivity index is 1.95. The van der Waals surface area contributed by atoms with Gasteiger partial charge in [0.1, 0.15) is 10.6 Å². The first-order chi connectivity index (χ1) is 11.5. The van der Waals surface area contributed by atoms with Crippen LogP contribution in [0.1, 0.15) is 15.2 Å². The number of hydrogen-bond donors (Lipinski definition) is 3. The van der Waals surface area contributed by atoms with E-state index in [0.29, 0.717) is 31.7 Å². The normalized spacial score (nSPS) is 11.4. The van der Waals surface area contributed by atoms with Gasteiger partial charge in [-0.15, -0.1) is 22.7 Å². The number of hydrogen-bond acceptors (Lipinski definition) is 6. The number of halogens is 1. The fraction of sp³-hybridized carbons (Fsp3) is 0. The average molecular weight is 421 g/mol. The summed E-state index contributed by atoms with van der Waals surface area (Å²) < 4.78 is 2.24. The van der Waals surface area contributed by atoms with Crippen molar-refractivity contribution in [2.75, 3.05) is 5.73 Å². The fourth-order valence-electron chi connectivity index (χ4n) is 2.54. The topological polar surface area (TPSA) is 96.2 Å². The first kappa shape index (κ1) is 15.4. The molecular weight excluding hydrogens is 412 g/mol. The Morgan fingerprint density at radius 2 is 1.92 bits per heavy atom. The van der Waals surface area contributed by atoms with Gasteiger partial charge < -0.3 is 15.8 Å². The van der Waals surface area contributed by atoms with Gasteiger partial charge in [-0.1, -0.05) is 15.9 Å². The lowest BCUT2D eigenvalue weighted by atomic mass is 10.1. The molecule has 0 amide bonds. The third kappa shape index (κ3) is 2.26. The number of nitrogen functional groups attached to an aromatic ring is 1. The highest BCUT2D eigenvalue weighted by atomic mass is 79.9. The van der Waals surface area contributed by atoms with Crippen LogP contribution in [0.5, 0.6) is 5.75 Å². The fourth-order valence-corrected chi connectivity index (χ4v) is 5.31. The summed E-state index contributed by atoms with van der Waals surface area (Å²) in [4.78, 5) is 27.5. The van der Waals surface area contributed by atoms with E-state index < -0.39 is 5.56 Å². The number of nitrogens with one attached hydrogen (secondary N) is 1. The van der Waals surface area contributed by atoms with Gasteiger partial charge >= 0.3 is 0 Å². The molecule has 0 atom stereocenters. The van der Waals surface area contributed by atoms with Crippen molar-refractivity contribution in [1.29, 1.82) is 0 Å². The molecule has 0 bridgehead atoms. The molecule has 4 aromatic rings. The summed E-state index contributed by atoms with van der Waals surface area (Å²) in [6.45, 7) is 0. The number of anilines is 1. The van der Waals surface area contributed by atoms with Crippen LogP contribution in [0.2, 0.25) is 0 Å². The van der Waals surface area contributed by atoms with Gasteiger partial charge in [0.25, 0.3) is 5.56 Å². The summed E-state index contributed by atoms with van der Waals surface area (Å²) in [6, 6.07) is 8.18. The van der Waals surface area contributed by atoms with Crippen molar-refractivity contribution < 1.29 is 9.90 Å². The van der Waals surface area contributed by atoms with Crippen molar-refractivity contribution in [2.45, 2.75) is 0 Å². The molecule has 24 heavy (non-hydrogen) atoms. The molecule has 4 rings (SSSR count). The standard InChI is InChI=1S/C16H9BrN2O3S2/c17-7-3-1-6(2-4-7)13(22)15-11(18)10-12-14(23-16(10)24-15)8(20)5-9(21)19-12/h1-5H,18H2,(H2,19,20,21). The quantitative estimate of drug-likeness (QED) is 0.425. The van der Waals surface area contributed by atoms with Crippen LogP contribution >= 0.6 is 38.6 Å². The maximum Gasteiger partial charge on any atom is 0.252 e. The van der Waals surface area contributed by atoms with Crippen molar-refractivity contribution in [3.63, 3.8) is 0 Å². The number of nitrogens with two attached hydrogens (primary N) is 1. The SMILES string of the molecule is Nc1c(C(=O)c2ccc(Br)cc2)sc2sc3c(O)cc(=O)[nH]c3c12. The predicted molar refractivity (Wildman–Crippen MR) is 101 cm³/mol. The molecule has 0 saturated heterocycles. The van der Waals surface area contributed by atoms with E-state index in [1.807, 2.05) is 0 Å². The Morgan fingerprint density at radius 3 is 2.62 bits per heavy atom. The molecule has 0 unspecified atom stereocenters. The number of aromatic hydroxyl groups is 1. The second-order valence-corrected chi connectivity index (χ2v) is 8.38. The Labute approximate surface area is 151 Å². The molecule has 1 aromatic carbocycles. The van der Waals surface area contributed by atoms with Gasteiger partial charge in [0.15, 0.2) is 0 Å². The minimum absolute atomic E-state index is 0.0812. The number of fused-ring (bicyclic) bond motifs is 3. The monoisotopic (exact) mass is 420 g/mol. The van der Waals surface area contributed by atoms with Gasteiger partial charge in [-0.2, -0.15) is 0 Å². The maximum atomic E-state index is 12.7. The third-order valence-electron chi connectivity index (χ3n) is 3.65. The van der Waals surface area contributed by atoms with Crippen LogP contribution in [0.3, 0.4) is 0 Å². The Bertz CT molecular complexity index is 1170.